The van der Waals surface area contributed by atoms with Crippen molar-refractivity contribution in [1.29, 1.82) is 0 Å². The van der Waals surface area contributed by atoms with Crippen LogP contribution >= 0.6 is 0 Å². The minimum Gasteiger partial charge on any atom is -0.303 e. The molecule has 0 aromatic heterocycles. The fraction of sp³-hybridized carbons (Fsp3) is 0.400. The van der Waals surface area contributed by atoms with Gasteiger partial charge in [0.15, 0.2) is 0 Å². The van der Waals surface area contributed by atoms with Crippen molar-refractivity contribution >= 4 is 0 Å². The van der Waals surface area contributed by atoms with Gasteiger partial charge in [-0.1, -0.05) is 31.2 Å². The lowest BCUT2D eigenvalue weighted by molar-refractivity contribution is 0.324. The Hall–Kier alpha value is -1.74. The topological polar surface area (TPSA) is 3.24 Å². The monoisotopic (exact) mass is 315 g/mol. The molecule has 0 aliphatic carbocycles. The van der Waals surface area contributed by atoms with E-state index in [0.717, 1.165) is 24.6 Å². The maximum atomic E-state index is 13.8. The predicted octanol–water partition coefficient (Wildman–Crippen LogP) is 5.22. The average Bonchev–Trinajstić information content (AvgIpc) is 3.06. The molecule has 3 heteroatoms. The van der Waals surface area contributed by atoms with Crippen LogP contribution in [0, 0.1) is 11.6 Å². The third-order valence-electron chi connectivity index (χ3n) is 4.80. The molecule has 1 unspecified atom stereocenters. The van der Waals surface area contributed by atoms with Gasteiger partial charge in [-0.05, 0) is 68.1 Å². The Bertz CT molecular complexity index is 645. The van der Waals surface area contributed by atoms with Crippen LogP contribution in [0.25, 0.3) is 11.1 Å². The lowest BCUT2D eigenvalue weighted by atomic mass is 9.95. The van der Waals surface area contributed by atoms with E-state index in [1.807, 2.05) is 12.1 Å². The first-order chi connectivity index (χ1) is 11.1. The number of nitrogens with zero attached hydrogens (tertiary/aromatic N) is 1. The SMILES string of the molecule is CC(CCN1CCCC1)c1ccc(-c2ccc(F)cc2F)cc1. The second-order valence-electron chi connectivity index (χ2n) is 6.48. The van der Waals surface area contributed by atoms with Crippen molar-refractivity contribution in [2.75, 3.05) is 19.6 Å². The highest BCUT2D eigenvalue weighted by molar-refractivity contribution is 5.64. The quantitative estimate of drug-likeness (QED) is 0.731. The van der Waals surface area contributed by atoms with Crippen molar-refractivity contribution in [3.05, 3.63) is 59.7 Å². The summed E-state index contributed by atoms with van der Waals surface area (Å²) in [5, 5.41) is 0. The average molecular weight is 315 g/mol. The summed E-state index contributed by atoms with van der Waals surface area (Å²) >= 11 is 0. The van der Waals surface area contributed by atoms with E-state index >= 15 is 0 Å². The Morgan fingerprint density at radius 3 is 2.35 bits per heavy atom. The van der Waals surface area contributed by atoms with E-state index in [2.05, 4.69) is 24.0 Å². The Kier molecular flexibility index (Phi) is 5.06. The molecule has 0 N–H and O–H groups in total. The van der Waals surface area contributed by atoms with Gasteiger partial charge in [-0.3, -0.25) is 0 Å². The van der Waals surface area contributed by atoms with Crippen molar-refractivity contribution in [1.82, 2.24) is 4.90 Å². The lowest BCUT2D eigenvalue weighted by Crippen LogP contribution is -2.21. The summed E-state index contributed by atoms with van der Waals surface area (Å²) < 4.78 is 26.8. The van der Waals surface area contributed by atoms with Gasteiger partial charge < -0.3 is 4.90 Å². The molecule has 2 aromatic rings. The molecule has 2 aromatic carbocycles. The van der Waals surface area contributed by atoms with Gasteiger partial charge >= 0.3 is 0 Å². The zero-order valence-electron chi connectivity index (χ0n) is 13.6. The third-order valence-corrected chi connectivity index (χ3v) is 4.80. The zero-order chi connectivity index (χ0) is 16.2. The second-order valence-corrected chi connectivity index (χ2v) is 6.48. The van der Waals surface area contributed by atoms with Gasteiger partial charge in [0.25, 0.3) is 0 Å². The van der Waals surface area contributed by atoms with Crippen LogP contribution < -0.4 is 0 Å². The molecular formula is C20H23F2N. The van der Waals surface area contributed by atoms with Crippen molar-refractivity contribution < 1.29 is 8.78 Å². The van der Waals surface area contributed by atoms with Crippen LogP contribution in [0.5, 0.6) is 0 Å². The number of benzene rings is 2. The number of halogens is 2. The molecule has 1 saturated heterocycles. The summed E-state index contributed by atoms with van der Waals surface area (Å²) in [6, 6.07) is 11.7. The van der Waals surface area contributed by atoms with E-state index in [1.165, 1.54) is 43.6 Å². The largest absolute Gasteiger partial charge is 0.303 e. The fourth-order valence-corrected chi connectivity index (χ4v) is 3.26. The molecule has 1 fully saturated rings. The molecule has 0 bridgehead atoms. The number of rotatable bonds is 5. The van der Waals surface area contributed by atoms with Crippen LogP contribution in [-0.2, 0) is 0 Å². The Morgan fingerprint density at radius 2 is 1.70 bits per heavy atom. The maximum Gasteiger partial charge on any atom is 0.133 e. The highest BCUT2D eigenvalue weighted by Crippen LogP contribution is 2.27. The van der Waals surface area contributed by atoms with Gasteiger partial charge in [-0.25, -0.2) is 8.78 Å². The van der Waals surface area contributed by atoms with E-state index in [0.29, 0.717) is 11.5 Å². The molecule has 0 spiro atoms. The first kappa shape index (κ1) is 16.1. The van der Waals surface area contributed by atoms with Crippen molar-refractivity contribution in [2.45, 2.75) is 32.1 Å². The van der Waals surface area contributed by atoms with E-state index in [4.69, 9.17) is 0 Å². The smallest absolute Gasteiger partial charge is 0.133 e. The third kappa shape index (κ3) is 3.97. The highest BCUT2D eigenvalue weighted by atomic mass is 19.1. The molecule has 122 valence electrons. The highest BCUT2D eigenvalue weighted by Gasteiger charge is 2.14. The lowest BCUT2D eigenvalue weighted by Gasteiger charge is -2.18. The first-order valence-electron chi connectivity index (χ1n) is 8.41. The second kappa shape index (κ2) is 7.22. The van der Waals surface area contributed by atoms with Crippen LogP contribution in [-0.4, -0.2) is 24.5 Å². The Balaban J connectivity index is 1.66. The van der Waals surface area contributed by atoms with Crippen molar-refractivity contribution in [2.24, 2.45) is 0 Å². The van der Waals surface area contributed by atoms with Crippen molar-refractivity contribution in [3.63, 3.8) is 0 Å². The number of hydrogen-bond donors (Lipinski definition) is 0. The fourth-order valence-electron chi connectivity index (χ4n) is 3.26. The summed E-state index contributed by atoms with van der Waals surface area (Å²) in [5.41, 5.74) is 2.51. The summed E-state index contributed by atoms with van der Waals surface area (Å²) in [4.78, 5) is 2.53. The van der Waals surface area contributed by atoms with Crippen LogP contribution in [0.2, 0.25) is 0 Å². The Labute approximate surface area is 136 Å². The van der Waals surface area contributed by atoms with Gasteiger partial charge in [-0.2, -0.15) is 0 Å². The van der Waals surface area contributed by atoms with Crippen molar-refractivity contribution in [3.8, 4) is 11.1 Å². The summed E-state index contributed by atoms with van der Waals surface area (Å²) in [5.74, 6) is -0.569. The number of likely N-dealkylation sites (tertiary alicyclic amines) is 1. The van der Waals surface area contributed by atoms with Crippen LogP contribution in [0.15, 0.2) is 42.5 Å². The van der Waals surface area contributed by atoms with Gasteiger partial charge in [0.1, 0.15) is 11.6 Å². The van der Waals surface area contributed by atoms with Gasteiger partial charge in [0.2, 0.25) is 0 Å². The molecule has 1 heterocycles. The Morgan fingerprint density at radius 1 is 1.00 bits per heavy atom. The molecule has 0 radical (unpaired) electrons. The minimum atomic E-state index is -0.543. The van der Waals surface area contributed by atoms with E-state index in [-0.39, 0.29) is 0 Å². The molecule has 1 aliphatic heterocycles. The van der Waals surface area contributed by atoms with E-state index < -0.39 is 11.6 Å². The van der Waals surface area contributed by atoms with Gasteiger partial charge in [0, 0.05) is 11.6 Å². The molecule has 1 atom stereocenters. The molecule has 0 saturated carbocycles. The van der Waals surface area contributed by atoms with Crippen LogP contribution in [0.4, 0.5) is 8.78 Å². The summed E-state index contributed by atoms with van der Waals surface area (Å²) in [6.45, 7) is 5.85. The first-order valence-corrected chi connectivity index (χ1v) is 8.41. The maximum absolute atomic E-state index is 13.8. The standard InChI is InChI=1S/C20H23F2N/c1-15(10-13-23-11-2-3-12-23)16-4-6-17(7-5-16)19-9-8-18(21)14-20(19)22/h4-9,14-15H,2-3,10-13H2,1H3. The molecule has 1 aliphatic rings. The molecule has 0 amide bonds. The number of hydrogen-bond acceptors (Lipinski definition) is 1. The van der Waals surface area contributed by atoms with E-state index in [9.17, 15) is 8.78 Å². The summed E-state index contributed by atoms with van der Waals surface area (Å²) in [6.07, 6.45) is 3.79. The van der Waals surface area contributed by atoms with Crippen LogP contribution in [0.3, 0.4) is 0 Å². The molecular weight excluding hydrogens is 292 g/mol. The van der Waals surface area contributed by atoms with Crippen LogP contribution in [0.1, 0.15) is 37.7 Å². The van der Waals surface area contributed by atoms with Gasteiger partial charge in [-0.15, -0.1) is 0 Å². The zero-order valence-corrected chi connectivity index (χ0v) is 13.6. The normalized spacial score (nSPS) is 16.7. The molecule has 3 rings (SSSR count). The van der Waals surface area contributed by atoms with Gasteiger partial charge in [0.05, 0.1) is 0 Å². The minimum absolute atomic E-state index is 0.447. The molecule has 1 nitrogen and oxygen atoms in total. The molecule has 23 heavy (non-hydrogen) atoms. The predicted molar refractivity (Wildman–Crippen MR) is 90.5 cm³/mol. The van der Waals surface area contributed by atoms with E-state index in [1.54, 1.807) is 0 Å². The summed E-state index contributed by atoms with van der Waals surface area (Å²) in [7, 11) is 0.